The van der Waals surface area contributed by atoms with Crippen molar-refractivity contribution in [2.75, 3.05) is 6.54 Å². The molecule has 0 saturated heterocycles. The van der Waals surface area contributed by atoms with E-state index in [9.17, 15) is 9.59 Å². The van der Waals surface area contributed by atoms with Gasteiger partial charge in [-0.3, -0.25) is 9.59 Å². The number of pyridine rings is 1. The van der Waals surface area contributed by atoms with Crippen molar-refractivity contribution in [1.82, 2.24) is 9.88 Å². The highest BCUT2D eigenvalue weighted by Crippen LogP contribution is 2.27. The zero-order valence-corrected chi connectivity index (χ0v) is 10.5. The number of rotatable bonds is 4. The fourth-order valence-corrected chi connectivity index (χ4v) is 1.84. The summed E-state index contributed by atoms with van der Waals surface area (Å²) < 4.78 is 0. The summed E-state index contributed by atoms with van der Waals surface area (Å²) in [6.45, 7) is 1.33. The quantitative estimate of drug-likeness (QED) is 0.868. The van der Waals surface area contributed by atoms with Crippen LogP contribution in [0.1, 0.15) is 34.6 Å². The van der Waals surface area contributed by atoms with Gasteiger partial charge in [0.05, 0.1) is 11.3 Å². The number of nitrogens with zero attached hydrogens (tertiary/aromatic N) is 3. The van der Waals surface area contributed by atoms with Crippen LogP contribution in [0, 0.1) is 18.3 Å². The first-order chi connectivity index (χ1) is 9.02. The maximum Gasteiger partial charge on any atom is 0.323 e. The van der Waals surface area contributed by atoms with E-state index in [1.807, 2.05) is 6.07 Å². The number of carbonyl (C=O) groups is 2. The summed E-state index contributed by atoms with van der Waals surface area (Å²) in [4.78, 5) is 28.4. The fraction of sp³-hybridized carbons (Fsp3) is 0.385. The smallest absolute Gasteiger partial charge is 0.323 e. The summed E-state index contributed by atoms with van der Waals surface area (Å²) in [5, 5.41) is 17.6. The molecule has 0 aliphatic heterocycles. The third-order valence-corrected chi connectivity index (χ3v) is 2.98. The second kappa shape index (κ2) is 5.06. The summed E-state index contributed by atoms with van der Waals surface area (Å²) in [6.07, 6.45) is 1.66. The molecule has 1 heterocycles. The highest BCUT2D eigenvalue weighted by atomic mass is 16.4. The van der Waals surface area contributed by atoms with E-state index in [4.69, 9.17) is 10.4 Å². The van der Waals surface area contributed by atoms with Gasteiger partial charge in [0.15, 0.2) is 0 Å². The Morgan fingerprint density at radius 3 is 2.68 bits per heavy atom. The van der Waals surface area contributed by atoms with Crippen molar-refractivity contribution in [3.63, 3.8) is 0 Å². The molecular weight excluding hydrogens is 246 g/mol. The number of carboxylic acids is 1. The zero-order valence-electron chi connectivity index (χ0n) is 10.5. The monoisotopic (exact) mass is 259 g/mol. The lowest BCUT2D eigenvalue weighted by atomic mass is 10.2. The molecule has 6 nitrogen and oxygen atoms in total. The van der Waals surface area contributed by atoms with Gasteiger partial charge in [-0.25, -0.2) is 4.98 Å². The Bertz CT molecular complexity index is 573. The SMILES string of the molecule is Cc1nc(C(=O)N(CC(=O)O)C2CC2)ccc1C#N. The number of aryl methyl sites for hydroxylation is 1. The molecule has 0 unspecified atom stereocenters. The van der Waals surface area contributed by atoms with Crippen LogP contribution in [0.3, 0.4) is 0 Å². The lowest BCUT2D eigenvalue weighted by molar-refractivity contribution is -0.137. The van der Waals surface area contributed by atoms with E-state index in [1.54, 1.807) is 6.92 Å². The van der Waals surface area contributed by atoms with Crippen molar-refractivity contribution in [2.45, 2.75) is 25.8 Å². The van der Waals surface area contributed by atoms with Gasteiger partial charge in [0.2, 0.25) is 0 Å². The van der Waals surface area contributed by atoms with Crippen molar-refractivity contribution in [3.8, 4) is 6.07 Å². The van der Waals surface area contributed by atoms with Gasteiger partial charge in [0.1, 0.15) is 18.3 Å². The van der Waals surface area contributed by atoms with Gasteiger partial charge in [-0.2, -0.15) is 5.26 Å². The number of hydrogen-bond acceptors (Lipinski definition) is 4. The Morgan fingerprint density at radius 1 is 1.53 bits per heavy atom. The maximum atomic E-state index is 12.2. The largest absolute Gasteiger partial charge is 0.480 e. The molecule has 0 atom stereocenters. The molecule has 1 aromatic rings. The van der Waals surface area contributed by atoms with E-state index in [2.05, 4.69) is 4.98 Å². The Morgan fingerprint density at radius 2 is 2.21 bits per heavy atom. The molecule has 0 spiro atoms. The number of amides is 1. The third-order valence-electron chi connectivity index (χ3n) is 2.98. The summed E-state index contributed by atoms with van der Waals surface area (Å²) in [6, 6.07) is 4.97. The van der Waals surface area contributed by atoms with Crippen LogP contribution in [0.4, 0.5) is 0 Å². The molecule has 6 heteroatoms. The Labute approximate surface area is 110 Å². The highest BCUT2D eigenvalue weighted by molar-refractivity contribution is 5.94. The van der Waals surface area contributed by atoms with Gasteiger partial charge in [-0.05, 0) is 31.9 Å². The highest BCUT2D eigenvalue weighted by Gasteiger charge is 2.34. The van der Waals surface area contributed by atoms with E-state index in [1.165, 1.54) is 17.0 Å². The van der Waals surface area contributed by atoms with E-state index in [-0.39, 0.29) is 18.3 Å². The van der Waals surface area contributed by atoms with Crippen molar-refractivity contribution in [3.05, 3.63) is 29.1 Å². The topological polar surface area (TPSA) is 94.3 Å². The number of hydrogen-bond donors (Lipinski definition) is 1. The van der Waals surface area contributed by atoms with Crippen molar-refractivity contribution in [2.24, 2.45) is 0 Å². The Kier molecular flexibility index (Phi) is 3.47. The van der Waals surface area contributed by atoms with Crippen LogP contribution in [0.2, 0.25) is 0 Å². The van der Waals surface area contributed by atoms with Gasteiger partial charge in [0.25, 0.3) is 5.91 Å². The Balaban J connectivity index is 2.24. The summed E-state index contributed by atoms with van der Waals surface area (Å²) in [5.74, 6) is -1.43. The Hall–Kier alpha value is -2.42. The lowest BCUT2D eigenvalue weighted by Gasteiger charge is -2.19. The van der Waals surface area contributed by atoms with Crippen LogP contribution >= 0.6 is 0 Å². The van der Waals surface area contributed by atoms with Crippen LogP contribution in [0.15, 0.2) is 12.1 Å². The van der Waals surface area contributed by atoms with Crippen LogP contribution in [0.5, 0.6) is 0 Å². The second-order valence-electron chi connectivity index (χ2n) is 4.50. The molecule has 0 radical (unpaired) electrons. The molecule has 19 heavy (non-hydrogen) atoms. The molecule has 2 rings (SSSR count). The molecular formula is C13H13N3O3. The summed E-state index contributed by atoms with van der Waals surface area (Å²) in [5.41, 5.74) is 1.07. The van der Waals surface area contributed by atoms with Gasteiger partial charge in [-0.15, -0.1) is 0 Å². The molecule has 1 aliphatic carbocycles. The van der Waals surface area contributed by atoms with Crippen LogP contribution in [0.25, 0.3) is 0 Å². The van der Waals surface area contributed by atoms with Crippen LogP contribution in [-0.4, -0.2) is 39.5 Å². The van der Waals surface area contributed by atoms with Gasteiger partial charge in [0, 0.05) is 6.04 Å². The van der Waals surface area contributed by atoms with Crippen molar-refractivity contribution < 1.29 is 14.7 Å². The predicted molar refractivity (Wildman–Crippen MR) is 65.4 cm³/mol. The first kappa shape index (κ1) is 13.0. The number of carbonyl (C=O) groups excluding carboxylic acids is 1. The average molecular weight is 259 g/mol. The molecule has 1 aliphatic rings. The van der Waals surface area contributed by atoms with E-state index >= 15 is 0 Å². The second-order valence-corrected chi connectivity index (χ2v) is 4.50. The molecule has 98 valence electrons. The molecule has 1 N–H and O–H groups in total. The minimum Gasteiger partial charge on any atom is -0.480 e. The molecule has 1 amide bonds. The van der Waals surface area contributed by atoms with Crippen LogP contribution in [-0.2, 0) is 4.79 Å². The average Bonchev–Trinajstić information content (AvgIpc) is 3.19. The van der Waals surface area contributed by atoms with Crippen molar-refractivity contribution >= 4 is 11.9 Å². The van der Waals surface area contributed by atoms with Gasteiger partial charge in [-0.1, -0.05) is 0 Å². The van der Waals surface area contributed by atoms with E-state index < -0.39 is 11.9 Å². The number of aromatic nitrogens is 1. The minimum atomic E-state index is -1.04. The number of nitriles is 1. The molecule has 1 fully saturated rings. The molecule has 1 saturated carbocycles. The molecule has 1 aromatic heterocycles. The lowest BCUT2D eigenvalue weighted by Crippen LogP contribution is -2.38. The van der Waals surface area contributed by atoms with Crippen molar-refractivity contribution in [1.29, 1.82) is 5.26 Å². The number of carboxylic acid groups (broad SMARTS) is 1. The number of aliphatic carboxylic acids is 1. The fourth-order valence-electron chi connectivity index (χ4n) is 1.84. The van der Waals surface area contributed by atoms with E-state index in [0.29, 0.717) is 11.3 Å². The maximum absolute atomic E-state index is 12.2. The minimum absolute atomic E-state index is 0.00125. The van der Waals surface area contributed by atoms with Crippen LogP contribution < -0.4 is 0 Å². The first-order valence-electron chi connectivity index (χ1n) is 5.93. The van der Waals surface area contributed by atoms with Gasteiger partial charge < -0.3 is 10.0 Å². The van der Waals surface area contributed by atoms with E-state index in [0.717, 1.165) is 12.8 Å². The summed E-state index contributed by atoms with van der Waals surface area (Å²) in [7, 11) is 0. The molecule has 0 bridgehead atoms. The summed E-state index contributed by atoms with van der Waals surface area (Å²) >= 11 is 0. The standard InChI is InChI=1S/C13H13N3O3/c1-8-9(6-14)2-5-11(15-8)13(19)16(7-12(17)18)10-3-4-10/h2,5,10H,3-4,7H2,1H3,(H,17,18). The predicted octanol–water partition coefficient (Wildman–Crippen LogP) is 0.951. The third kappa shape index (κ3) is 2.88. The normalized spacial score (nSPS) is 13.7. The molecule has 0 aromatic carbocycles. The zero-order chi connectivity index (χ0) is 14.0. The van der Waals surface area contributed by atoms with Gasteiger partial charge >= 0.3 is 5.97 Å². The first-order valence-corrected chi connectivity index (χ1v) is 5.93.